The zero-order valence-corrected chi connectivity index (χ0v) is 13.2. The van der Waals surface area contributed by atoms with Gasteiger partial charge in [-0.05, 0) is 32.2 Å². The maximum absolute atomic E-state index is 10.2. The molecule has 10 nitrogen and oxygen atoms in total. The summed E-state index contributed by atoms with van der Waals surface area (Å²) in [6.45, 7) is 0.921. The monoisotopic (exact) mass is 342 g/mol. The van der Waals surface area contributed by atoms with E-state index in [9.17, 15) is 9.59 Å². The van der Waals surface area contributed by atoms with Gasteiger partial charge in [0.25, 0.3) is 0 Å². The average molecular weight is 343 g/mol. The van der Waals surface area contributed by atoms with E-state index in [4.69, 9.17) is 38.9 Å². The summed E-state index contributed by atoms with van der Waals surface area (Å²) in [4.78, 5) is 23.9. The predicted octanol–water partition coefficient (Wildman–Crippen LogP) is -1.99. The Morgan fingerprint density at radius 1 is 0.955 bits per heavy atom. The minimum absolute atomic E-state index is 0. The van der Waals surface area contributed by atoms with Gasteiger partial charge in [-0.3, -0.25) is 14.6 Å². The number of nitrogens with two attached hydrogens (primary N) is 5. The van der Waals surface area contributed by atoms with Gasteiger partial charge in [0.2, 0.25) is 0 Å². The van der Waals surface area contributed by atoms with Crippen LogP contribution in [0.3, 0.4) is 0 Å². The maximum Gasteiger partial charge on any atom is 0.320 e. The number of aliphatic carboxylic acids is 2. The molecule has 0 aromatic heterocycles. The van der Waals surface area contributed by atoms with Crippen LogP contribution in [0.15, 0.2) is 4.99 Å². The summed E-state index contributed by atoms with van der Waals surface area (Å²) in [5.41, 5.74) is 25.6. The fourth-order valence-corrected chi connectivity index (χ4v) is 1.10. The lowest BCUT2D eigenvalue weighted by Crippen LogP contribution is -2.30. The van der Waals surface area contributed by atoms with Gasteiger partial charge >= 0.3 is 11.9 Å². The van der Waals surface area contributed by atoms with Gasteiger partial charge in [-0.2, -0.15) is 0 Å². The van der Waals surface area contributed by atoms with E-state index in [1.54, 1.807) is 0 Å². The lowest BCUT2D eigenvalue weighted by molar-refractivity contribution is -0.139. The van der Waals surface area contributed by atoms with Gasteiger partial charge in [-0.25, -0.2) is 0 Å². The van der Waals surface area contributed by atoms with Gasteiger partial charge in [0.15, 0.2) is 5.96 Å². The molecule has 0 aromatic rings. The summed E-state index contributed by atoms with van der Waals surface area (Å²) < 4.78 is 0. The smallest absolute Gasteiger partial charge is 0.320 e. The largest absolute Gasteiger partial charge is 0.480 e. The number of hydrogen-bond donors (Lipinski definition) is 7. The van der Waals surface area contributed by atoms with Crippen LogP contribution in [0.4, 0.5) is 0 Å². The van der Waals surface area contributed by atoms with Gasteiger partial charge in [0.1, 0.15) is 12.1 Å². The van der Waals surface area contributed by atoms with Crippen molar-refractivity contribution >= 4 is 30.3 Å². The topological polar surface area (TPSA) is 217 Å². The van der Waals surface area contributed by atoms with Crippen molar-refractivity contribution in [2.24, 2.45) is 33.7 Å². The Morgan fingerprint density at radius 3 is 1.68 bits per heavy atom. The van der Waals surface area contributed by atoms with Crippen LogP contribution < -0.4 is 28.7 Å². The van der Waals surface area contributed by atoms with E-state index >= 15 is 0 Å². The maximum atomic E-state index is 10.2. The van der Waals surface area contributed by atoms with Gasteiger partial charge in [-0.15, -0.1) is 12.4 Å². The van der Waals surface area contributed by atoms with E-state index in [1.165, 1.54) is 0 Å². The van der Waals surface area contributed by atoms with Crippen LogP contribution in [-0.4, -0.2) is 53.3 Å². The highest BCUT2D eigenvalue weighted by molar-refractivity contribution is 5.85. The molecule has 2 unspecified atom stereocenters. The van der Waals surface area contributed by atoms with Crippen molar-refractivity contribution in [3.8, 4) is 0 Å². The minimum Gasteiger partial charge on any atom is -0.480 e. The molecule has 0 aliphatic rings. The van der Waals surface area contributed by atoms with Crippen LogP contribution >= 0.6 is 12.4 Å². The Hall–Kier alpha value is -1.62. The Bertz CT molecular complexity index is 339. The van der Waals surface area contributed by atoms with Crippen LogP contribution in [0.5, 0.6) is 0 Å². The van der Waals surface area contributed by atoms with E-state index in [0.29, 0.717) is 38.8 Å². The number of carboxylic acid groups (broad SMARTS) is 2. The molecule has 0 bridgehead atoms. The Labute approximate surface area is 135 Å². The minimum atomic E-state index is -1.00. The van der Waals surface area contributed by atoms with E-state index in [0.717, 1.165) is 0 Å². The number of carboxylic acids is 2. The molecule has 0 radical (unpaired) electrons. The zero-order chi connectivity index (χ0) is 16.8. The first-order valence-corrected chi connectivity index (χ1v) is 6.44. The summed E-state index contributed by atoms with van der Waals surface area (Å²) in [6, 6.07) is -1.56. The molecular formula is C11H27ClN6O4. The number of guanidine groups is 1. The second kappa shape index (κ2) is 15.8. The molecule has 2 atom stereocenters. The number of nitrogens with zero attached hydrogens (tertiary/aromatic N) is 1. The molecule has 0 heterocycles. The molecule has 0 saturated heterocycles. The van der Waals surface area contributed by atoms with E-state index in [2.05, 4.69) is 4.99 Å². The molecule has 22 heavy (non-hydrogen) atoms. The summed E-state index contributed by atoms with van der Waals surface area (Å²) in [5, 5.41) is 16.6. The first-order chi connectivity index (χ1) is 9.72. The number of aliphatic imine (C=N–C) groups is 1. The highest BCUT2D eigenvalue weighted by atomic mass is 35.5. The molecule has 0 aliphatic carbocycles. The average Bonchev–Trinajstić information content (AvgIpc) is 2.40. The third-order valence-electron chi connectivity index (χ3n) is 2.32. The second-order valence-electron chi connectivity index (χ2n) is 4.27. The normalized spacial score (nSPS) is 12.0. The molecule has 0 fully saturated rings. The summed E-state index contributed by atoms with van der Waals surface area (Å²) in [6.07, 6.45) is 2.09. The van der Waals surface area contributed by atoms with Crippen molar-refractivity contribution in [2.75, 3.05) is 13.1 Å². The summed E-state index contributed by atoms with van der Waals surface area (Å²) >= 11 is 0. The molecule has 0 saturated carbocycles. The van der Waals surface area contributed by atoms with Gasteiger partial charge in [-0.1, -0.05) is 0 Å². The fourth-order valence-electron chi connectivity index (χ4n) is 1.10. The zero-order valence-electron chi connectivity index (χ0n) is 12.4. The molecule has 12 N–H and O–H groups in total. The molecule has 0 spiro atoms. The second-order valence-corrected chi connectivity index (χ2v) is 4.27. The van der Waals surface area contributed by atoms with Crippen LogP contribution in [-0.2, 0) is 9.59 Å². The molecule has 0 rings (SSSR count). The third kappa shape index (κ3) is 18.4. The highest BCUT2D eigenvalue weighted by Crippen LogP contribution is 1.94. The third-order valence-corrected chi connectivity index (χ3v) is 2.32. The predicted molar refractivity (Wildman–Crippen MR) is 86.7 cm³/mol. The molecular weight excluding hydrogens is 316 g/mol. The van der Waals surface area contributed by atoms with E-state index in [1.807, 2.05) is 0 Å². The van der Waals surface area contributed by atoms with Crippen LogP contribution in [0, 0.1) is 0 Å². The summed E-state index contributed by atoms with van der Waals surface area (Å²) in [7, 11) is 0. The molecule has 0 aliphatic heterocycles. The van der Waals surface area contributed by atoms with Crippen molar-refractivity contribution in [2.45, 2.75) is 37.8 Å². The number of halogens is 1. The van der Waals surface area contributed by atoms with Gasteiger partial charge in [0, 0.05) is 6.54 Å². The lowest BCUT2D eigenvalue weighted by atomic mass is 10.2. The highest BCUT2D eigenvalue weighted by Gasteiger charge is 2.09. The molecule has 0 amide bonds. The van der Waals surface area contributed by atoms with E-state index in [-0.39, 0.29) is 18.4 Å². The SMILES string of the molecule is Cl.NC(N)=NCCCC(N)C(=O)O.NCCCC(N)C(=O)O. The lowest BCUT2D eigenvalue weighted by Gasteiger charge is -2.03. The standard InChI is InChI=1S/C6H14N4O2.C5H12N2O2.ClH/c7-4(5(11)12)2-1-3-10-6(8)9;6-3-1-2-4(7)5(8)9;/h4H,1-3,7H2,(H,11,12)(H4,8,9,10);4H,1-3,6-7H2,(H,8,9);1H. The Kier molecular flexibility index (Phi) is 18.2. The first kappa shape index (κ1) is 25.3. The van der Waals surface area contributed by atoms with Crippen molar-refractivity contribution in [1.82, 2.24) is 0 Å². The van der Waals surface area contributed by atoms with Crippen molar-refractivity contribution in [3.05, 3.63) is 0 Å². The van der Waals surface area contributed by atoms with E-state index < -0.39 is 24.0 Å². The molecule has 11 heteroatoms. The Morgan fingerprint density at radius 2 is 1.36 bits per heavy atom. The van der Waals surface area contributed by atoms with Crippen molar-refractivity contribution < 1.29 is 19.8 Å². The van der Waals surface area contributed by atoms with Crippen LogP contribution in [0.1, 0.15) is 25.7 Å². The van der Waals surface area contributed by atoms with Crippen LogP contribution in [0.2, 0.25) is 0 Å². The van der Waals surface area contributed by atoms with Gasteiger partial charge in [0.05, 0.1) is 0 Å². The van der Waals surface area contributed by atoms with Gasteiger partial charge < -0.3 is 38.9 Å². The quantitative estimate of drug-likeness (QED) is 0.140. The fraction of sp³-hybridized carbons (Fsp3) is 0.727. The molecule has 132 valence electrons. The number of carbonyl (C=O) groups is 2. The first-order valence-electron chi connectivity index (χ1n) is 6.44. The number of rotatable bonds is 9. The summed E-state index contributed by atoms with van der Waals surface area (Å²) in [5.74, 6) is -1.94. The molecule has 0 aromatic carbocycles. The Balaban J connectivity index is -0.000000326. The van der Waals surface area contributed by atoms with Crippen molar-refractivity contribution in [3.63, 3.8) is 0 Å². The van der Waals surface area contributed by atoms with Crippen molar-refractivity contribution in [1.29, 1.82) is 0 Å². The number of hydrogen-bond acceptors (Lipinski definition) is 6. The van der Waals surface area contributed by atoms with Crippen LogP contribution in [0.25, 0.3) is 0 Å².